The molecule has 1 aliphatic rings. The van der Waals surface area contributed by atoms with E-state index in [0.717, 1.165) is 25.8 Å². The highest BCUT2D eigenvalue weighted by Crippen LogP contribution is 2.27. The molecule has 1 aromatic heterocycles. The predicted octanol–water partition coefficient (Wildman–Crippen LogP) is 3.16. The molecule has 3 nitrogen and oxygen atoms in total. The van der Waals surface area contributed by atoms with E-state index >= 15 is 0 Å². The van der Waals surface area contributed by atoms with Crippen LogP contribution in [0.3, 0.4) is 0 Å². The highest BCUT2D eigenvalue weighted by atomic mass is 16.5. The quantitative estimate of drug-likeness (QED) is 0.774. The minimum Gasteiger partial charge on any atom is -0.466 e. The Morgan fingerprint density at radius 1 is 1.42 bits per heavy atom. The normalized spacial score (nSPS) is 18.9. The fraction of sp³-hybridized carbons (Fsp3) is 0.438. The van der Waals surface area contributed by atoms with Gasteiger partial charge in [-0.25, -0.2) is 0 Å². The van der Waals surface area contributed by atoms with Gasteiger partial charge in [-0.05, 0) is 37.3 Å². The fourth-order valence-corrected chi connectivity index (χ4v) is 3.01. The monoisotopic (exact) mass is 257 g/mol. The van der Waals surface area contributed by atoms with Gasteiger partial charge in [0.05, 0.1) is 12.5 Å². The lowest BCUT2D eigenvalue weighted by atomic mass is 9.99. The number of aromatic nitrogens is 1. The Morgan fingerprint density at radius 3 is 3.11 bits per heavy atom. The average Bonchev–Trinajstić information content (AvgIpc) is 2.63. The molecule has 0 N–H and O–H groups in total. The Hall–Kier alpha value is -1.77. The summed E-state index contributed by atoms with van der Waals surface area (Å²) in [4.78, 5) is 11.9. The van der Waals surface area contributed by atoms with Crippen molar-refractivity contribution in [3.63, 3.8) is 0 Å². The van der Waals surface area contributed by atoms with Gasteiger partial charge in [-0.15, -0.1) is 0 Å². The van der Waals surface area contributed by atoms with Gasteiger partial charge in [0.25, 0.3) is 0 Å². The summed E-state index contributed by atoms with van der Waals surface area (Å²) in [6.07, 6.45) is 2.76. The van der Waals surface area contributed by atoms with E-state index in [9.17, 15) is 4.79 Å². The minimum absolute atomic E-state index is 0.0190. The van der Waals surface area contributed by atoms with E-state index in [2.05, 4.69) is 34.9 Å². The Balaban J connectivity index is 1.94. The Morgan fingerprint density at radius 2 is 2.26 bits per heavy atom. The van der Waals surface area contributed by atoms with Gasteiger partial charge in [-0.1, -0.05) is 18.2 Å². The molecular formula is C16H19NO2. The molecule has 2 heterocycles. The van der Waals surface area contributed by atoms with Gasteiger partial charge in [-0.2, -0.15) is 0 Å². The molecule has 0 saturated heterocycles. The number of rotatable bonds is 2. The maximum atomic E-state index is 11.9. The van der Waals surface area contributed by atoms with E-state index in [1.54, 1.807) is 0 Å². The number of fused-ring (bicyclic) bond motifs is 3. The molecule has 1 unspecified atom stereocenters. The van der Waals surface area contributed by atoms with Crippen LogP contribution in [-0.4, -0.2) is 17.1 Å². The first-order chi connectivity index (χ1) is 9.29. The van der Waals surface area contributed by atoms with Crippen LogP contribution in [-0.2, 0) is 22.5 Å². The van der Waals surface area contributed by atoms with Crippen molar-refractivity contribution in [2.24, 2.45) is 5.92 Å². The first-order valence-corrected chi connectivity index (χ1v) is 7.03. The zero-order valence-electron chi connectivity index (χ0n) is 11.3. The number of carbonyl (C=O) groups excluding carboxylic acids is 1. The zero-order valence-corrected chi connectivity index (χ0v) is 11.3. The van der Waals surface area contributed by atoms with Crippen LogP contribution in [0.5, 0.6) is 0 Å². The summed E-state index contributed by atoms with van der Waals surface area (Å²) in [7, 11) is 0. The maximum Gasteiger partial charge on any atom is 0.309 e. The molecule has 3 heteroatoms. The van der Waals surface area contributed by atoms with Crippen molar-refractivity contribution in [1.82, 2.24) is 4.57 Å². The summed E-state index contributed by atoms with van der Waals surface area (Å²) >= 11 is 0. The molecule has 3 rings (SSSR count). The van der Waals surface area contributed by atoms with Crippen LogP contribution >= 0.6 is 0 Å². The lowest BCUT2D eigenvalue weighted by Gasteiger charge is -2.11. The summed E-state index contributed by atoms with van der Waals surface area (Å²) in [5.41, 5.74) is 2.54. The number of benzene rings is 1. The SMILES string of the molecule is CCOC(=O)C1CCCn2c(cc3ccccc32)C1. The van der Waals surface area contributed by atoms with Gasteiger partial charge in [0.2, 0.25) is 0 Å². The molecule has 1 aromatic carbocycles. The molecule has 0 spiro atoms. The Kier molecular flexibility index (Phi) is 3.28. The molecule has 0 amide bonds. The second kappa shape index (κ2) is 5.08. The third kappa shape index (κ3) is 2.25. The Bertz CT molecular complexity index is 600. The molecule has 0 radical (unpaired) electrons. The highest BCUT2D eigenvalue weighted by Gasteiger charge is 2.25. The summed E-state index contributed by atoms with van der Waals surface area (Å²) in [5, 5.41) is 1.27. The maximum absolute atomic E-state index is 11.9. The number of nitrogens with zero attached hydrogens (tertiary/aromatic N) is 1. The van der Waals surface area contributed by atoms with E-state index in [-0.39, 0.29) is 11.9 Å². The predicted molar refractivity (Wildman–Crippen MR) is 75.0 cm³/mol. The molecule has 19 heavy (non-hydrogen) atoms. The van der Waals surface area contributed by atoms with Crippen LogP contribution in [0.2, 0.25) is 0 Å². The van der Waals surface area contributed by atoms with Gasteiger partial charge in [0.1, 0.15) is 0 Å². The van der Waals surface area contributed by atoms with Crippen LogP contribution in [0.1, 0.15) is 25.5 Å². The van der Waals surface area contributed by atoms with E-state index in [1.165, 1.54) is 16.6 Å². The summed E-state index contributed by atoms with van der Waals surface area (Å²) in [6.45, 7) is 3.34. The number of carbonyl (C=O) groups is 1. The summed E-state index contributed by atoms with van der Waals surface area (Å²) in [5.74, 6) is -0.0216. The smallest absolute Gasteiger partial charge is 0.309 e. The number of esters is 1. The van der Waals surface area contributed by atoms with Gasteiger partial charge in [-0.3, -0.25) is 4.79 Å². The molecule has 0 fully saturated rings. The van der Waals surface area contributed by atoms with Gasteiger partial charge in [0, 0.05) is 24.2 Å². The number of hydrogen-bond donors (Lipinski definition) is 0. The van der Waals surface area contributed by atoms with Crippen LogP contribution in [0.25, 0.3) is 10.9 Å². The van der Waals surface area contributed by atoms with Crippen molar-refractivity contribution in [2.45, 2.75) is 32.7 Å². The second-order valence-electron chi connectivity index (χ2n) is 5.14. The highest BCUT2D eigenvalue weighted by molar-refractivity contribution is 5.82. The minimum atomic E-state index is -0.0405. The fourth-order valence-electron chi connectivity index (χ4n) is 3.01. The molecule has 1 atom stereocenters. The third-order valence-electron chi connectivity index (χ3n) is 3.91. The van der Waals surface area contributed by atoms with Crippen molar-refractivity contribution in [2.75, 3.05) is 6.61 Å². The van der Waals surface area contributed by atoms with E-state index in [4.69, 9.17) is 4.74 Å². The largest absolute Gasteiger partial charge is 0.466 e. The molecule has 2 aromatic rings. The van der Waals surface area contributed by atoms with Crippen LogP contribution in [0.15, 0.2) is 30.3 Å². The zero-order chi connectivity index (χ0) is 13.2. The second-order valence-corrected chi connectivity index (χ2v) is 5.14. The summed E-state index contributed by atoms with van der Waals surface area (Å²) < 4.78 is 7.53. The Labute approximate surface area is 113 Å². The standard InChI is InChI=1S/C16H19NO2/c1-2-19-16(18)13-7-5-9-17-14(11-13)10-12-6-3-4-8-15(12)17/h3-4,6,8,10,13H,2,5,7,9,11H2,1H3. The van der Waals surface area contributed by atoms with Crippen LogP contribution in [0.4, 0.5) is 0 Å². The molecule has 0 aliphatic carbocycles. The number of aryl methyl sites for hydroxylation is 1. The lowest BCUT2D eigenvalue weighted by Crippen LogP contribution is -2.19. The van der Waals surface area contributed by atoms with E-state index < -0.39 is 0 Å². The molecule has 100 valence electrons. The molecule has 0 saturated carbocycles. The molecule has 1 aliphatic heterocycles. The first kappa shape index (κ1) is 12.3. The summed E-state index contributed by atoms with van der Waals surface area (Å²) in [6, 6.07) is 10.6. The lowest BCUT2D eigenvalue weighted by molar-refractivity contribution is -0.148. The molecule has 0 bridgehead atoms. The van der Waals surface area contributed by atoms with E-state index in [1.807, 2.05) is 6.92 Å². The average molecular weight is 257 g/mol. The van der Waals surface area contributed by atoms with E-state index in [0.29, 0.717) is 6.61 Å². The number of para-hydroxylation sites is 1. The van der Waals surface area contributed by atoms with Crippen molar-refractivity contribution in [1.29, 1.82) is 0 Å². The number of hydrogen-bond acceptors (Lipinski definition) is 2. The van der Waals surface area contributed by atoms with Gasteiger partial charge < -0.3 is 9.30 Å². The van der Waals surface area contributed by atoms with Gasteiger partial charge >= 0.3 is 5.97 Å². The van der Waals surface area contributed by atoms with Crippen molar-refractivity contribution < 1.29 is 9.53 Å². The van der Waals surface area contributed by atoms with Crippen LogP contribution < -0.4 is 0 Å². The van der Waals surface area contributed by atoms with Crippen molar-refractivity contribution >= 4 is 16.9 Å². The third-order valence-corrected chi connectivity index (χ3v) is 3.91. The van der Waals surface area contributed by atoms with Crippen molar-refractivity contribution in [3.8, 4) is 0 Å². The van der Waals surface area contributed by atoms with Gasteiger partial charge in [0.15, 0.2) is 0 Å². The topological polar surface area (TPSA) is 31.2 Å². The number of ether oxygens (including phenoxy) is 1. The van der Waals surface area contributed by atoms with Crippen molar-refractivity contribution in [3.05, 3.63) is 36.0 Å². The van der Waals surface area contributed by atoms with Crippen LogP contribution in [0, 0.1) is 5.92 Å². The molecular weight excluding hydrogens is 238 g/mol. The first-order valence-electron chi connectivity index (χ1n) is 7.03.